The standard InChI is InChI=1S/C28H24ClN5O5/c29-19-8-6-18(7-9-19)27-32-26-25(21(28(37)38)10-12-31-26)34(27)23(15-22(30)35)33-13-11-20(14-24(33)36)39-16-17-4-2-1-3-5-17/h1-14,23,27H,15-16H2,(H2,30,35)(H,31,32)(H,37,38). The maximum atomic E-state index is 13.4. The van der Waals surface area contributed by atoms with Crippen LogP contribution in [0.15, 0.2) is 90.0 Å². The molecule has 0 radical (unpaired) electrons. The Morgan fingerprint density at radius 1 is 1.10 bits per heavy atom. The first-order chi connectivity index (χ1) is 18.8. The largest absolute Gasteiger partial charge is 0.489 e. The van der Waals surface area contributed by atoms with E-state index in [1.165, 1.54) is 29.1 Å². The summed E-state index contributed by atoms with van der Waals surface area (Å²) in [5, 5.41) is 13.7. The summed E-state index contributed by atoms with van der Waals surface area (Å²) in [7, 11) is 0. The summed E-state index contributed by atoms with van der Waals surface area (Å²) in [6, 6.07) is 20.7. The summed E-state index contributed by atoms with van der Waals surface area (Å²) in [4.78, 5) is 43.8. The van der Waals surface area contributed by atoms with Gasteiger partial charge in [-0.25, -0.2) is 9.78 Å². The summed E-state index contributed by atoms with van der Waals surface area (Å²) in [6.07, 6.45) is 0.921. The molecule has 2 aromatic heterocycles. The van der Waals surface area contributed by atoms with Crippen molar-refractivity contribution >= 4 is 35.0 Å². The van der Waals surface area contributed by atoms with Gasteiger partial charge in [0.15, 0.2) is 5.82 Å². The van der Waals surface area contributed by atoms with Crippen LogP contribution < -0.4 is 26.2 Å². The van der Waals surface area contributed by atoms with Gasteiger partial charge < -0.3 is 25.8 Å². The first-order valence-corrected chi connectivity index (χ1v) is 12.4. The normalized spacial score (nSPS) is 14.8. The van der Waals surface area contributed by atoms with Gasteiger partial charge in [-0.1, -0.05) is 54.1 Å². The molecule has 0 bridgehead atoms. The minimum absolute atomic E-state index is 0.0469. The molecular weight excluding hydrogens is 522 g/mol. The summed E-state index contributed by atoms with van der Waals surface area (Å²) in [6.45, 7) is 0.269. The van der Waals surface area contributed by atoms with Gasteiger partial charge in [0.1, 0.15) is 24.7 Å². The maximum Gasteiger partial charge on any atom is 0.338 e. The molecule has 11 heteroatoms. The topological polar surface area (TPSA) is 140 Å². The third-order valence-electron chi connectivity index (χ3n) is 6.34. The highest BCUT2D eigenvalue weighted by Crippen LogP contribution is 2.46. The van der Waals surface area contributed by atoms with Gasteiger partial charge in [-0.05, 0) is 35.4 Å². The number of hydrogen-bond donors (Lipinski definition) is 3. The number of aromatic nitrogens is 2. The lowest BCUT2D eigenvalue weighted by Gasteiger charge is -2.36. The molecule has 2 aromatic carbocycles. The number of ether oxygens (including phenoxy) is 1. The molecule has 5 rings (SSSR count). The summed E-state index contributed by atoms with van der Waals surface area (Å²) >= 11 is 6.10. The van der Waals surface area contributed by atoms with Gasteiger partial charge in [-0.3, -0.25) is 14.2 Å². The number of anilines is 2. The first kappa shape index (κ1) is 25.8. The van der Waals surface area contributed by atoms with Crippen LogP contribution in [0.5, 0.6) is 5.75 Å². The molecule has 198 valence electrons. The number of nitrogens with two attached hydrogens (primary N) is 1. The highest BCUT2D eigenvalue weighted by atomic mass is 35.5. The molecule has 0 aliphatic carbocycles. The minimum atomic E-state index is -1.19. The average Bonchev–Trinajstić information content (AvgIpc) is 3.31. The number of nitrogens with zero attached hydrogens (tertiary/aromatic N) is 3. The van der Waals surface area contributed by atoms with Crippen molar-refractivity contribution in [2.75, 3.05) is 10.2 Å². The van der Waals surface area contributed by atoms with Gasteiger partial charge in [0.05, 0.1) is 17.7 Å². The molecule has 2 atom stereocenters. The van der Waals surface area contributed by atoms with Crippen LogP contribution in [-0.4, -0.2) is 26.5 Å². The number of aromatic carboxylic acids is 1. The van der Waals surface area contributed by atoms with Gasteiger partial charge >= 0.3 is 5.97 Å². The Kier molecular flexibility index (Phi) is 7.20. The second kappa shape index (κ2) is 10.9. The quantitative estimate of drug-likeness (QED) is 0.284. The van der Waals surface area contributed by atoms with Gasteiger partial charge in [-0.15, -0.1) is 0 Å². The van der Waals surface area contributed by atoms with Gasteiger partial charge in [0.25, 0.3) is 5.56 Å². The van der Waals surface area contributed by atoms with Crippen LogP contribution in [0.4, 0.5) is 11.5 Å². The number of halogens is 1. The second-order valence-corrected chi connectivity index (χ2v) is 9.34. The van der Waals surface area contributed by atoms with E-state index >= 15 is 0 Å². The monoisotopic (exact) mass is 545 g/mol. The number of fused-ring (bicyclic) bond motifs is 1. The van der Waals surface area contributed by atoms with Crippen LogP contribution in [0.3, 0.4) is 0 Å². The molecule has 10 nitrogen and oxygen atoms in total. The van der Waals surface area contributed by atoms with E-state index in [4.69, 9.17) is 22.1 Å². The molecule has 3 heterocycles. The first-order valence-electron chi connectivity index (χ1n) is 12.0. The molecule has 1 amide bonds. The lowest BCUT2D eigenvalue weighted by molar-refractivity contribution is -0.118. The Morgan fingerprint density at radius 2 is 1.85 bits per heavy atom. The van der Waals surface area contributed by atoms with Crippen molar-refractivity contribution in [2.24, 2.45) is 5.73 Å². The van der Waals surface area contributed by atoms with Crippen LogP contribution >= 0.6 is 11.6 Å². The molecule has 1 aliphatic rings. The van der Waals surface area contributed by atoms with E-state index in [1.807, 2.05) is 30.3 Å². The van der Waals surface area contributed by atoms with Gasteiger partial charge in [0.2, 0.25) is 5.91 Å². The van der Waals surface area contributed by atoms with Crippen molar-refractivity contribution in [2.45, 2.75) is 25.4 Å². The Balaban J connectivity index is 1.58. The molecule has 0 saturated heterocycles. The predicted octanol–water partition coefficient (Wildman–Crippen LogP) is 4.18. The van der Waals surface area contributed by atoms with Gasteiger partial charge in [0, 0.05) is 23.5 Å². The predicted molar refractivity (Wildman–Crippen MR) is 146 cm³/mol. The number of carboxylic acid groups (broad SMARTS) is 1. The maximum absolute atomic E-state index is 13.4. The summed E-state index contributed by atoms with van der Waals surface area (Å²) in [5.41, 5.74) is 7.00. The van der Waals surface area contributed by atoms with Crippen LogP contribution in [0.1, 0.15) is 40.2 Å². The zero-order chi connectivity index (χ0) is 27.5. The molecule has 39 heavy (non-hydrogen) atoms. The smallest absolute Gasteiger partial charge is 0.338 e. The zero-order valence-corrected chi connectivity index (χ0v) is 21.3. The highest BCUT2D eigenvalue weighted by molar-refractivity contribution is 6.30. The lowest BCUT2D eigenvalue weighted by Crippen LogP contribution is -2.42. The number of benzene rings is 2. The number of carboxylic acids is 1. The number of carbonyl (C=O) groups excluding carboxylic acids is 1. The third kappa shape index (κ3) is 5.41. The summed E-state index contributed by atoms with van der Waals surface area (Å²) < 4.78 is 7.12. The molecule has 0 fully saturated rings. The molecule has 2 unspecified atom stereocenters. The van der Waals surface area contributed by atoms with E-state index in [1.54, 1.807) is 35.2 Å². The van der Waals surface area contributed by atoms with Crippen molar-refractivity contribution in [1.82, 2.24) is 9.55 Å². The van der Waals surface area contributed by atoms with Crippen LogP contribution in [0.25, 0.3) is 0 Å². The number of primary amides is 1. The van der Waals surface area contributed by atoms with Crippen molar-refractivity contribution in [3.63, 3.8) is 0 Å². The Morgan fingerprint density at radius 3 is 2.51 bits per heavy atom. The third-order valence-corrected chi connectivity index (χ3v) is 6.60. The second-order valence-electron chi connectivity index (χ2n) is 8.90. The molecule has 0 spiro atoms. The molecule has 4 aromatic rings. The van der Waals surface area contributed by atoms with Crippen molar-refractivity contribution in [1.29, 1.82) is 0 Å². The number of amides is 1. The number of carbonyl (C=O) groups is 2. The number of rotatable bonds is 9. The van der Waals surface area contributed by atoms with E-state index in [0.717, 1.165) is 5.56 Å². The Labute approximate surface area is 228 Å². The molecule has 0 saturated carbocycles. The fourth-order valence-electron chi connectivity index (χ4n) is 4.59. The van der Waals surface area contributed by atoms with E-state index in [2.05, 4.69) is 10.3 Å². The molecule has 1 aliphatic heterocycles. The number of hydrogen-bond acceptors (Lipinski definition) is 7. The summed E-state index contributed by atoms with van der Waals surface area (Å²) in [5.74, 6) is -1.23. The van der Waals surface area contributed by atoms with Crippen molar-refractivity contribution < 1.29 is 19.4 Å². The fourth-order valence-corrected chi connectivity index (χ4v) is 4.72. The van der Waals surface area contributed by atoms with Crippen LogP contribution in [-0.2, 0) is 11.4 Å². The zero-order valence-electron chi connectivity index (χ0n) is 20.5. The number of pyridine rings is 2. The van der Waals surface area contributed by atoms with E-state index in [-0.39, 0.29) is 24.3 Å². The van der Waals surface area contributed by atoms with E-state index < -0.39 is 29.8 Å². The van der Waals surface area contributed by atoms with E-state index in [9.17, 15) is 19.5 Å². The SMILES string of the molecule is NC(=O)CC(N1c2c(C(=O)O)ccnc2NC1c1ccc(Cl)cc1)n1ccc(OCc2ccccc2)cc1=O. The van der Waals surface area contributed by atoms with Crippen LogP contribution in [0.2, 0.25) is 5.02 Å². The molecule has 4 N–H and O–H groups in total. The van der Waals surface area contributed by atoms with Crippen molar-refractivity contribution in [3.05, 3.63) is 117 Å². The number of nitrogens with one attached hydrogen (secondary N) is 1. The van der Waals surface area contributed by atoms with Crippen LogP contribution in [0, 0.1) is 0 Å². The Hall–Kier alpha value is -4.83. The minimum Gasteiger partial charge on any atom is -0.489 e. The molecular formula is C28H24ClN5O5. The van der Waals surface area contributed by atoms with Crippen molar-refractivity contribution in [3.8, 4) is 5.75 Å². The fraction of sp³-hybridized carbons (Fsp3) is 0.143. The van der Waals surface area contributed by atoms with Gasteiger partial charge in [-0.2, -0.15) is 0 Å². The lowest BCUT2D eigenvalue weighted by atomic mass is 10.1. The Bertz CT molecular complexity index is 1580. The highest BCUT2D eigenvalue weighted by Gasteiger charge is 2.40. The van der Waals surface area contributed by atoms with E-state index in [0.29, 0.717) is 22.2 Å². The average molecular weight is 546 g/mol.